The maximum atomic E-state index is 5.03. The summed E-state index contributed by atoms with van der Waals surface area (Å²) in [5.74, 6) is 0. The zero-order chi connectivity index (χ0) is 7.66. The van der Waals surface area contributed by atoms with E-state index >= 15 is 0 Å². The van der Waals surface area contributed by atoms with Crippen LogP contribution < -0.4 is 18.0 Å². The van der Waals surface area contributed by atoms with E-state index in [1.165, 1.54) is 38.5 Å². The Morgan fingerprint density at radius 2 is 1.00 bits per heavy atom. The van der Waals surface area contributed by atoms with E-state index in [0.717, 1.165) is 13.0 Å². The van der Waals surface area contributed by atoms with Crippen molar-refractivity contribution >= 4 is 0 Å². The molecule has 0 bridgehead atoms. The lowest BCUT2D eigenvalue weighted by atomic mass is 10.0. The molecule has 0 radical (unpaired) electrons. The van der Waals surface area contributed by atoms with E-state index in [9.17, 15) is 0 Å². The average molecular weight is 177 g/mol. The Morgan fingerprint density at radius 3 is 1.08 bits per heavy atom. The van der Waals surface area contributed by atoms with Crippen molar-refractivity contribution in [2.45, 2.75) is 51.9 Å². The predicted molar refractivity (Wildman–Crippen MR) is 57.1 cm³/mol. The fourth-order valence-electron chi connectivity index (χ4n) is 1.06. The lowest BCUT2D eigenvalue weighted by Crippen LogP contribution is -1.93. The molecule has 1 aliphatic carbocycles. The monoisotopic (exact) mass is 177 g/mol. The molecule has 1 fully saturated rings. The van der Waals surface area contributed by atoms with E-state index < -0.39 is 0 Å². The first-order chi connectivity index (χ1) is 4.91. The Bertz CT molecular complexity index is 40.2. The van der Waals surface area contributed by atoms with Gasteiger partial charge < -0.3 is 18.0 Å². The number of hydrogen-bond donors (Lipinski definition) is 3. The maximum absolute atomic E-state index is 5.03. The van der Waals surface area contributed by atoms with Gasteiger partial charge in [0.2, 0.25) is 0 Å². The van der Waals surface area contributed by atoms with Crippen molar-refractivity contribution in [3.8, 4) is 0 Å². The molecule has 78 valence electrons. The van der Waals surface area contributed by atoms with Crippen LogP contribution in [0.1, 0.15) is 51.9 Å². The molecule has 1 rings (SSSR count). The van der Waals surface area contributed by atoms with Crippen molar-refractivity contribution in [2.75, 3.05) is 6.54 Å². The van der Waals surface area contributed by atoms with Crippen LogP contribution in [0.15, 0.2) is 0 Å². The SMILES string of the molecule is C1CCCCC1.CCCN.N.N. The zero-order valence-electron chi connectivity index (χ0n) is 8.65. The minimum absolute atomic E-state index is 0. The van der Waals surface area contributed by atoms with E-state index in [4.69, 9.17) is 5.73 Å². The summed E-state index contributed by atoms with van der Waals surface area (Å²) in [7, 11) is 0. The second-order valence-corrected chi connectivity index (χ2v) is 2.91. The Balaban J connectivity index is -0.000000124. The summed E-state index contributed by atoms with van der Waals surface area (Å²) in [6.45, 7) is 2.88. The third-order valence-corrected chi connectivity index (χ3v) is 1.79. The zero-order valence-corrected chi connectivity index (χ0v) is 8.65. The fourth-order valence-corrected chi connectivity index (χ4v) is 1.06. The Labute approximate surface area is 77.3 Å². The number of nitrogens with two attached hydrogens (primary N) is 1. The highest BCUT2D eigenvalue weighted by Crippen LogP contribution is 2.15. The average Bonchev–Trinajstić information content (AvgIpc) is 2.08. The van der Waals surface area contributed by atoms with Gasteiger partial charge in [0.25, 0.3) is 0 Å². The molecule has 0 aromatic carbocycles. The first-order valence-electron chi connectivity index (χ1n) is 4.62. The van der Waals surface area contributed by atoms with Gasteiger partial charge in [-0.15, -0.1) is 0 Å². The van der Waals surface area contributed by atoms with E-state index in [0.29, 0.717) is 0 Å². The van der Waals surface area contributed by atoms with Crippen molar-refractivity contribution in [2.24, 2.45) is 5.73 Å². The summed E-state index contributed by atoms with van der Waals surface area (Å²) >= 11 is 0. The number of hydrogen-bond acceptors (Lipinski definition) is 3. The summed E-state index contributed by atoms with van der Waals surface area (Å²) < 4.78 is 0. The van der Waals surface area contributed by atoms with Gasteiger partial charge in [-0.2, -0.15) is 0 Å². The van der Waals surface area contributed by atoms with Crippen LogP contribution in [0.5, 0.6) is 0 Å². The van der Waals surface area contributed by atoms with Crippen molar-refractivity contribution in [3.05, 3.63) is 0 Å². The highest BCUT2D eigenvalue weighted by Gasteiger charge is 1.95. The summed E-state index contributed by atoms with van der Waals surface area (Å²) in [6.07, 6.45) is 10.1. The Hall–Kier alpha value is -0.120. The van der Waals surface area contributed by atoms with E-state index in [-0.39, 0.29) is 12.3 Å². The number of rotatable bonds is 1. The molecule has 1 saturated carbocycles. The first kappa shape index (κ1) is 17.8. The fraction of sp³-hybridized carbons (Fsp3) is 1.00. The van der Waals surface area contributed by atoms with Gasteiger partial charge in [-0.1, -0.05) is 45.4 Å². The largest absolute Gasteiger partial charge is 0.344 e. The van der Waals surface area contributed by atoms with Gasteiger partial charge in [0, 0.05) is 0 Å². The Morgan fingerprint density at radius 1 is 0.833 bits per heavy atom. The molecule has 3 nitrogen and oxygen atoms in total. The van der Waals surface area contributed by atoms with Crippen LogP contribution in [0.25, 0.3) is 0 Å². The van der Waals surface area contributed by atoms with Gasteiger partial charge in [0.05, 0.1) is 0 Å². The van der Waals surface area contributed by atoms with Gasteiger partial charge in [-0.05, 0) is 13.0 Å². The standard InChI is InChI=1S/C6H12.C3H9N.2H3N/c1-2-4-6-5-3-1;1-2-3-4;;/h1-6H2;2-4H2,1H3;2*1H3. The van der Waals surface area contributed by atoms with Crippen LogP contribution >= 0.6 is 0 Å². The van der Waals surface area contributed by atoms with Gasteiger partial charge in [0.1, 0.15) is 0 Å². The summed E-state index contributed by atoms with van der Waals surface area (Å²) in [6, 6.07) is 0. The second kappa shape index (κ2) is 17.1. The molecule has 0 saturated heterocycles. The minimum Gasteiger partial charge on any atom is -0.344 e. The molecule has 0 heterocycles. The van der Waals surface area contributed by atoms with Gasteiger partial charge in [-0.3, -0.25) is 0 Å². The molecule has 0 aromatic rings. The van der Waals surface area contributed by atoms with Crippen LogP contribution in [0, 0.1) is 0 Å². The molecule has 3 heteroatoms. The molecule has 8 N–H and O–H groups in total. The lowest BCUT2D eigenvalue weighted by Gasteiger charge is -2.05. The van der Waals surface area contributed by atoms with Crippen molar-refractivity contribution in [1.82, 2.24) is 12.3 Å². The van der Waals surface area contributed by atoms with Crippen molar-refractivity contribution in [1.29, 1.82) is 0 Å². The first-order valence-corrected chi connectivity index (χ1v) is 4.62. The molecule has 12 heavy (non-hydrogen) atoms. The highest BCUT2D eigenvalue weighted by molar-refractivity contribution is 4.51. The quantitative estimate of drug-likeness (QED) is 0.574. The molecular weight excluding hydrogens is 150 g/mol. The molecule has 0 aromatic heterocycles. The van der Waals surface area contributed by atoms with E-state index in [2.05, 4.69) is 6.92 Å². The maximum Gasteiger partial charge on any atom is -0.00799 e. The van der Waals surface area contributed by atoms with Crippen LogP contribution in [-0.2, 0) is 0 Å². The van der Waals surface area contributed by atoms with E-state index in [1.54, 1.807) is 0 Å². The molecule has 1 aliphatic rings. The van der Waals surface area contributed by atoms with Crippen LogP contribution in [-0.4, -0.2) is 6.54 Å². The summed E-state index contributed by atoms with van der Waals surface area (Å²) in [4.78, 5) is 0. The topological polar surface area (TPSA) is 96.0 Å². The predicted octanol–water partition coefficient (Wildman–Crippen LogP) is 3.02. The second-order valence-electron chi connectivity index (χ2n) is 2.91. The molecule has 0 spiro atoms. The molecule has 0 amide bonds. The summed E-state index contributed by atoms with van der Waals surface area (Å²) in [5, 5.41) is 0. The van der Waals surface area contributed by atoms with Gasteiger partial charge >= 0.3 is 0 Å². The third kappa shape index (κ3) is 16.5. The van der Waals surface area contributed by atoms with Crippen molar-refractivity contribution < 1.29 is 0 Å². The van der Waals surface area contributed by atoms with Gasteiger partial charge in [-0.25, -0.2) is 0 Å². The summed E-state index contributed by atoms with van der Waals surface area (Å²) in [5.41, 5.74) is 5.03. The molecular formula is C9H27N3. The van der Waals surface area contributed by atoms with Gasteiger partial charge in [0.15, 0.2) is 0 Å². The van der Waals surface area contributed by atoms with Crippen LogP contribution in [0.2, 0.25) is 0 Å². The lowest BCUT2D eigenvalue weighted by molar-refractivity contribution is 0.504. The Kier molecular flexibility index (Phi) is 25.4. The highest BCUT2D eigenvalue weighted by atomic mass is 14.5. The molecule has 0 aliphatic heterocycles. The molecule has 0 atom stereocenters. The van der Waals surface area contributed by atoms with Crippen molar-refractivity contribution in [3.63, 3.8) is 0 Å². The normalized spacial score (nSPS) is 14.5. The smallest absolute Gasteiger partial charge is 0.00799 e. The van der Waals surface area contributed by atoms with E-state index in [1.807, 2.05) is 0 Å². The molecule has 0 unspecified atom stereocenters. The van der Waals surface area contributed by atoms with Crippen LogP contribution in [0.3, 0.4) is 0 Å². The minimum atomic E-state index is 0. The van der Waals surface area contributed by atoms with Crippen LogP contribution in [0.4, 0.5) is 0 Å². The third-order valence-electron chi connectivity index (χ3n) is 1.79.